The number of fused-ring (bicyclic) bond motifs is 1. The molecule has 0 aliphatic heterocycles. The fraction of sp³-hybridized carbons (Fsp3) is 0.333. The van der Waals surface area contributed by atoms with E-state index in [4.69, 9.17) is 16.1 Å². The van der Waals surface area contributed by atoms with Crippen molar-refractivity contribution in [1.82, 2.24) is 19.6 Å². The summed E-state index contributed by atoms with van der Waals surface area (Å²) in [5.74, 6) is 1.82. The molecule has 0 radical (unpaired) electrons. The minimum Gasteiger partial charge on any atom is -0.361 e. The summed E-state index contributed by atoms with van der Waals surface area (Å²) in [7, 11) is 4.06. The molecular formula is C15H17ClN4O. The zero-order valence-electron chi connectivity index (χ0n) is 12.3. The summed E-state index contributed by atoms with van der Waals surface area (Å²) in [4.78, 5) is 6.81. The van der Waals surface area contributed by atoms with Crippen molar-refractivity contribution in [2.45, 2.75) is 20.0 Å². The van der Waals surface area contributed by atoms with E-state index in [1.807, 2.05) is 45.3 Å². The Labute approximate surface area is 128 Å². The molecule has 0 aliphatic rings. The van der Waals surface area contributed by atoms with Crippen molar-refractivity contribution < 1.29 is 4.52 Å². The first kappa shape index (κ1) is 14.1. The van der Waals surface area contributed by atoms with Gasteiger partial charge in [0.05, 0.1) is 23.3 Å². The Kier molecular flexibility index (Phi) is 3.69. The minimum atomic E-state index is 0.707. The van der Waals surface area contributed by atoms with Gasteiger partial charge in [-0.2, -0.15) is 0 Å². The van der Waals surface area contributed by atoms with Crippen molar-refractivity contribution in [3.05, 3.63) is 46.6 Å². The molecule has 0 aliphatic carbocycles. The van der Waals surface area contributed by atoms with Crippen molar-refractivity contribution in [2.75, 3.05) is 7.05 Å². The topological polar surface area (TPSA) is 47.1 Å². The molecule has 3 rings (SSSR count). The Morgan fingerprint density at radius 3 is 2.81 bits per heavy atom. The van der Waals surface area contributed by atoms with E-state index in [2.05, 4.69) is 19.6 Å². The molecular weight excluding hydrogens is 288 g/mol. The first-order chi connectivity index (χ1) is 10.0. The molecule has 0 saturated heterocycles. The lowest BCUT2D eigenvalue weighted by Crippen LogP contribution is -2.19. The largest absolute Gasteiger partial charge is 0.361 e. The van der Waals surface area contributed by atoms with Crippen LogP contribution in [0.15, 0.2) is 28.8 Å². The van der Waals surface area contributed by atoms with Crippen LogP contribution in [0.4, 0.5) is 0 Å². The van der Waals surface area contributed by atoms with Crippen LogP contribution in [0.1, 0.15) is 17.3 Å². The van der Waals surface area contributed by atoms with Gasteiger partial charge < -0.3 is 9.09 Å². The molecule has 5 nitrogen and oxygen atoms in total. The Morgan fingerprint density at radius 2 is 2.10 bits per heavy atom. The van der Waals surface area contributed by atoms with E-state index in [-0.39, 0.29) is 0 Å². The van der Waals surface area contributed by atoms with Crippen molar-refractivity contribution in [2.24, 2.45) is 7.05 Å². The highest BCUT2D eigenvalue weighted by Crippen LogP contribution is 2.20. The molecule has 0 fully saturated rings. The molecule has 2 aromatic heterocycles. The van der Waals surface area contributed by atoms with Gasteiger partial charge >= 0.3 is 0 Å². The average molecular weight is 305 g/mol. The molecule has 6 heteroatoms. The van der Waals surface area contributed by atoms with Gasteiger partial charge in [0.25, 0.3) is 0 Å². The van der Waals surface area contributed by atoms with Crippen LogP contribution in [0.2, 0.25) is 5.02 Å². The van der Waals surface area contributed by atoms with Crippen LogP contribution in [0.5, 0.6) is 0 Å². The Balaban J connectivity index is 1.79. The second-order valence-electron chi connectivity index (χ2n) is 5.32. The number of nitrogens with zero attached hydrogens (tertiary/aromatic N) is 4. The number of hydrogen-bond donors (Lipinski definition) is 0. The van der Waals surface area contributed by atoms with Gasteiger partial charge in [0.1, 0.15) is 11.6 Å². The van der Waals surface area contributed by atoms with Gasteiger partial charge in [-0.1, -0.05) is 16.8 Å². The van der Waals surface area contributed by atoms with E-state index in [1.54, 1.807) is 0 Å². The SMILES string of the molecule is Cc1cc(CN(C)Cc2nc3cc(Cl)ccc3n2C)no1. The second kappa shape index (κ2) is 5.50. The lowest BCUT2D eigenvalue weighted by Gasteiger charge is -2.14. The Hall–Kier alpha value is -1.85. The van der Waals surface area contributed by atoms with Crippen LogP contribution in [-0.4, -0.2) is 26.7 Å². The molecule has 110 valence electrons. The number of aryl methyl sites for hydroxylation is 2. The number of rotatable bonds is 4. The van der Waals surface area contributed by atoms with Crippen LogP contribution in [0.25, 0.3) is 11.0 Å². The summed E-state index contributed by atoms with van der Waals surface area (Å²) >= 11 is 6.02. The molecule has 0 spiro atoms. The first-order valence-electron chi connectivity index (χ1n) is 6.74. The van der Waals surface area contributed by atoms with E-state index in [0.29, 0.717) is 5.02 Å². The molecule has 0 bridgehead atoms. The lowest BCUT2D eigenvalue weighted by molar-refractivity contribution is 0.293. The number of imidazole rings is 1. The lowest BCUT2D eigenvalue weighted by atomic mass is 10.3. The van der Waals surface area contributed by atoms with E-state index < -0.39 is 0 Å². The zero-order chi connectivity index (χ0) is 15.0. The van der Waals surface area contributed by atoms with Crippen LogP contribution < -0.4 is 0 Å². The summed E-state index contributed by atoms with van der Waals surface area (Å²) in [6.07, 6.45) is 0. The maximum Gasteiger partial charge on any atom is 0.133 e. The number of halogens is 1. The maximum atomic E-state index is 6.02. The summed E-state index contributed by atoms with van der Waals surface area (Å²) in [6.45, 7) is 3.35. The Bertz CT molecular complexity index is 777. The summed E-state index contributed by atoms with van der Waals surface area (Å²) < 4.78 is 7.18. The van der Waals surface area contributed by atoms with Gasteiger partial charge in [0, 0.05) is 24.7 Å². The molecule has 0 saturated carbocycles. The molecule has 2 heterocycles. The normalized spacial score (nSPS) is 11.7. The molecule has 3 aromatic rings. The van der Waals surface area contributed by atoms with E-state index in [0.717, 1.165) is 41.4 Å². The fourth-order valence-corrected chi connectivity index (χ4v) is 2.60. The Morgan fingerprint density at radius 1 is 1.29 bits per heavy atom. The van der Waals surface area contributed by atoms with Gasteiger partial charge in [-0.3, -0.25) is 4.90 Å². The molecule has 0 unspecified atom stereocenters. The van der Waals surface area contributed by atoms with Crippen LogP contribution in [0, 0.1) is 6.92 Å². The average Bonchev–Trinajstić information content (AvgIpc) is 2.94. The molecule has 0 amide bonds. The molecule has 1 aromatic carbocycles. The standard InChI is InChI=1S/C15H17ClN4O/c1-10-6-12(18-21-10)8-19(2)9-15-17-13-7-11(16)4-5-14(13)20(15)3/h4-7H,8-9H2,1-3H3. The van der Waals surface area contributed by atoms with Gasteiger partial charge in [-0.15, -0.1) is 0 Å². The third-order valence-electron chi connectivity index (χ3n) is 3.46. The van der Waals surface area contributed by atoms with Crippen molar-refractivity contribution in [3.63, 3.8) is 0 Å². The maximum absolute atomic E-state index is 6.02. The number of aromatic nitrogens is 3. The molecule has 21 heavy (non-hydrogen) atoms. The fourth-order valence-electron chi connectivity index (χ4n) is 2.43. The van der Waals surface area contributed by atoms with Crippen molar-refractivity contribution >= 4 is 22.6 Å². The van der Waals surface area contributed by atoms with Crippen LogP contribution in [-0.2, 0) is 20.1 Å². The third kappa shape index (κ3) is 2.94. The molecule has 0 atom stereocenters. The van der Waals surface area contributed by atoms with Gasteiger partial charge in [-0.25, -0.2) is 4.98 Å². The number of hydrogen-bond acceptors (Lipinski definition) is 4. The van der Waals surface area contributed by atoms with E-state index in [9.17, 15) is 0 Å². The van der Waals surface area contributed by atoms with Crippen LogP contribution >= 0.6 is 11.6 Å². The van der Waals surface area contributed by atoms with Gasteiger partial charge in [-0.05, 0) is 32.2 Å². The van der Waals surface area contributed by atoms with Gasteiger partial charge in [0.15, 0.2) is 0 Å². The highest BCUT2D eigenvalue weighted by Gasteiger charge is 2.12. The summed E-state index contributed by atoms with van der Waals surface area (Å²) in [6, 6.07) is 7.72. The van der Waals surface area contributed by atoms with E-state index in [1.165, 1.54) is 0 Å². The second-order valence-corrected chi connectivity index (χ2v) is 5.76. The highest BCUT2D eigenvalue weighted by molar-refractivity contribution is 6.31. The molecule has 0 N–H and O–H groups in total. The zero-order valence-corrected chi connectivity index (χ0v) is 13.1. The summed E-state index contributed by atoms with van der Waals surface area (Å²) in [5.41, 5.74) is 2.93. The van der Waals surface area contributed by atoms with Crippen LogP contribution in [0.3, 0.4) is 0 Å². The monoisotopic (exact) mass is 304 g/mol. The highest BCUT2D eigenvalue weighted by atomic mass is 35.5. The van der Waals surface area contributed by atoms with Crippen molar-refractivity contribution in [3.8, 4) is 0 Å². The summed E-state index contributed by atoms with van der Waals surface area (Å²) in [5, 5.41) is 4.72. The van der Waals surface area contributed by atoms with Gasteiger partial charge in [0.2, 0.25) is 0 Å². The number of benzene rings is 1. The van der Waals surface area contributed by atoms with Crippen molar-refractivity contribution in [1.29, 1.82) is 0 Å². The predicted molar refractivity (Wildman–Crippen MR) is 82.1 cm³/mol. The smallest absolute Gasteiger partial charge is 0.133 e. The quantitative estimate of drug-likeness (QED) is 0.743. The predicted octanol–water partition coefficient (Wildman–Crippen LogP) is 3.16. The minimum absolute atomic E-state index is 0.707. The third-order valence-corrected chi connectivity index (χ3v) is 3.69. The van der Waals surface area contributed by atoms with E-state index >= 15 is 0 Å². The first-order valence-corrected chi connectivity index (χ1v) is 7.12.